The molecule has 1 aliphatic heterocycles. The molecule has 0 saturated carbocycles. The van der Waals surface area contributed by atoms with Crippen molar-refractivity contribution in [2.75, 3.05) is 0 Å². The lowest BCUT2D eigenvalue weighted by atomic mass is 9.97. The third-order valence-electron chi connectivity index (χ3n) is 4.06. The highest BCUT2D eigenvalue weighted by Crippen LogP contribution is 2.50. The van der Waals surface area contributed by atoms with E-state index in [1.165, 1.54) is 6.07 Å². The number of benzene rings is 3. The third-order valence-corrected chi connectivity index (χ3v) is 4.52. The van der Waals surface area contributed by atoms with Crippen LogP contribution in [0.3, 0.4) is 0 Å². The van der Waals surface area contributed by atoms with Crippen LogP contribution < -0.4 is 9.47 Å². The van der Waals surface area contributed by atoms with E-state index in [2.05, 4.69) is 15.9 Å². The van der Waals surface area contributed by atoms with Crippen molar-refractivity contribution >= 4 is 21.9 Å². The molecule has 3 aromatic rings. The standard InChI is InChI=1S/C20H13BrO4/c21-15-11-16(19(22)23)18-17(12-15)24-20(25-18,13-7-3-1-4-8-13)14-9-5-2-6-10-14/h1-12H,(H,22,23). The first kappa shape index (κ1) is 15.7. The first-order chi connectivity index (χ1) is 12.1. The van der Waals surface area contributed by atoms with Gasteiger partial charge in [-0.3, -0.25) is 0 Å². The van der Waals surface area contributed by atoms with Gasteiger partial charge in [0.05, 0.1) is 0 Å². The second-order valence-corrected chi connectivity index (χ2v) is 6.55. The summed E-state index contributed by atoms with van der Waals surface area (Å²) in [4.78, 5) is 11.6. The zero-order valence-electron chi connectivity index (χ0n) is 13.0. The molecule has 0 atom stereocenters. The molecule has 1 aliphatic rings. The maximum absolute atomic E-state index is 11.6. The van der Waals surface area contributed by atoms with E-state index in [0.29, 0.717) is 10.2 Å². The molecule has 5 heteroatoms. The van der Waals surface area contributed by atoms with Crippen molar-refractivity contribution in [3.63, 3.8) is 0 Å². The molecular weight excluding hydrogens is 384 g/mol. The largest absolute Gasteiger partial charge is 0.478 e. The van der Waals surface area contributed by atoms with Crippen LogP contribution in [0.25, 0.3) is 0 Å². The first-order valence-corrected chi connectivity index (χ1v) is 8.45. The van der Waals surface area contributed by atoms with Crippen molar-refractivity contribution in [2.45, 2.75) is 5.79 Å². The van der Waals surface area contributed by atoms with Crippen LogP contribution in [0.1, 0.15) is 21.5 Å². The average Bonchev–Trinajstić information content (AvgIpc) is 3.03. The number of fused-ring (bicyclic) bond motifs is 1. The highest BCUT2D eigenvalue weighted by Gasteiger charge is 2.47. The number of hydrogen-bond acceptors (Lipinski definition) is 3. The molecule has 1 heterocycles. The minimum absolute atomic E-state index is 0.0538. The van der Waals surface area contributed by atoms with E-state index >= 15 is 0 Å². The van der Waals surface area contributed by atoms with E-state index in [4.69, 9.17) is 9.47 Å². The number of carbonyl (C=O) groups is 1. The summed E-state index contributed by atoms with van der Waals surface area (Å²) in [5, 5.41) is 9.53. The molecular formula is C20H13BrO4. The molecule has 0 spiro atoms. The molecule has 0 amide bonds. The Morgan fingerprint density at radius 3 is 1.96 bits per heavy atom. The van der Waals surface area contributed by atoms with Gasteiger partial charge in [0, 0.05) is 15.6 Å². The highest BCUT2D eigenvalue weighted by molar-refractivity contribution is 9.10. The molecule has 3 aromatic carbocycles. The second kappa shape index (κ2) is 5.93. The fourth-order valence-corrected chi connectivity index (χ4v) is 3.38. The molecule has 0 fully saturated rings. The maximum Gasteiger partial charge on any atom is 0.339 e. The van der Waals surface area contributed by atoms with Crippen LogP contribution in [0, 0.1) is 0 Å². The SMILES string of the molecule is O=C(O)c1cc(Br)cc2c1OC(c1ccccc1)(c1ccccc1)O2. The highest BCUT2D eigenvalue weighted by atomic mass is 79.9. The fourth-order valence-electron chi connectivity index (χ4n) is 2.95. The lowest BCUT2D eigenvalue weighted by Crippen LogP contribution is -2.36. The second-order valence-electron chi connectivity index (χ2n) is 5.64. The number of rotatable bonds is 3. The van der Waals surface area contributed by atoms with Gasteiger partial charge in [-0.2, -0.15) is 0 Å². The molecule has 1 N–H and O–H groups in total. The number of carboxylic acid groups (broad SMARTS) is 1. The van der Waals surface area contributed by atoms with Gasteiger partial charge in [-0.15, -0.1) is 0 Å². The Morgan fingerprint density at radius 2 is 1.44 bits per heavy atom. The summed E-state index contributed by atoms with van der Waals surface area (Å²) in [6.07, 6.45) is 0. The van der Waals surface area contributed by atoms with E-state index in [-0.39, 0.29) is 11.3 Å². The van der Waals surface area contributed by atoms with Crippen LogP contribution in [-0.4, -0.2) is 11.1 Å². The number of halogens is 1. The van der Waals surface area contributed by atoms with Gasteiger partial charge >= 0.3 is 11.8 Å². The van der Waals surface area contributed by atoms with Gasteiger partial charge in [-0.05, 0) is 12.1 Å². The zero-order chi connectivity index (χ0) is 17.4. The van der Waals surface area contributed by atoms with Crippen molar-refractivity contribution in [1.82, 2.24) is 0 Å². The van der Waals surface area contributed by atoms with E-state index in [1.807, 2.05) is 60.7 Å². The third kappa shape index (κ3) is 2.57. The molecule has 0 radical (unpaired) electrons. The molecule has 0 aromatic heterocycles. The summed E-state index contributed by atoms with van der Waals surface area (Å²) >= 11 is 3.34. The number of aromatic carboxylic acids is 1. The molecule has 25 heavy (non-hydrogen) atoms. The predicted molar refractivity (Wildman–Crippen MR) is 96.0 cm³/mol. The number of carboxylic acids is 1. The summed E-state index contributed by atoms with van der Waals surface area (Å²) in [6, 6.07) is 22.2. The monoisotopic (exact) mass is 396 g/mol. The van der Waals surface area contributed by atoms with Crippen LogP contribution in [0.15, 0.2) is 77.3 Å². The van der Waals surface area contributed by atoms with Gasteiger partial charge in [0.15, 0.2) is 11.5 Å². The van der Waals surface area contributed by atoms with Crippen molar-refractivity contribution < 1.29 is 19.4 Å². The van der Waals surface area contributed by atoms with Crippen LogP contribution in [0.5, 0.6) is 11.5 Å². The molecule has 0 aliphatic carbocycles. The lowest BCUT2D eigenvalue weighted by molar-refractivity contribution is -0.0462. The molecule has 0 bridgehead atoms. The van der Waals surface area contributed by atoms with Gasteiger partial charge in [0.2, 0.25) is 0 Å². The minimum Gasteiger partial charge on any atom is -0.478 e. The van der Waals surface area contributed by atoms with Crippen molar-refractivity contribution in [1.29, 1.82) is 0 Å². The Hall–Kier alpha value is -2.79. The first-order valence-electron chi connectivity index (χ1n) is 7.66. The summed E-state index contributed by atoms with van der Waals surface area (Å²) < 4.78 is 13.0. The Balaban J connectivity index is 1.94. The van der Waals surface area contributed by atoms with Crippen LogP contribution in [-0.2, 0) is 5.79 Å². The van der Waals surface area contributed by atoms with Crippen LogP contribution >= 0.6 is 15.9 Å². The average molecular weight is 397 g/mol. The molecule has 4 nitrogen and oxygen atoms in total. The van der Waals surface area contributed by atoms with Crippen LogP contribution in [0.4, 0.5) is 0 Å². The Morgan fingerprint density at radius 1 is 0.880 bits per heavy atom. The van der Waals surface area contributed by atoms with E-state index < -0.39 is 11.8 Å². The molecule has 124 valence electrons. The van der Waals surface area contributed by atoms with Crippen molar-refractivity contribution in [2.24, 2.45) is 0 Å². The van der Waals surface area contributed by atoms with Gasteiger partial charge in [-0.25, -0.2) is 4.79 Å². The fraction of sp³-hybridized carbons (Fsp3) is 0.0500. The normalized spacial score (nSPS) is 14.3. The smallest absolute Gasteiger partial charge is 0.339 e. The van der Waals surface area contributed by atoms with Gasteiger partial charge in [-0.1, -0.05) is 76.6 Å². The van der Waals surface area contributed by atoms with E-state index in [9.17, 15) is 9.90 Å². The van der Waals surface area contributed by atoms with Crippen LogP contribution in [0.2, 0.25) is 0 Å². The predicted octanol–water partition coefficient (Wildman–Crippen LogP) is 4.82. The quantitative estimate of drug-likeness (QED) is 0.689. The van der Waals surface area contributed by atoms with Gasteiger partial charge in [0.1, 0.15) is 5.56 Å². The lowest BCUT2D eigenvalue weighted by Gasteiger charge is -2.28. The summed E-state index contributed by atoms with van der Waals surface area (Å²) in [6.45, 7) is 0. The molecule has 0 saturated heterocycles. The Bertz CT molecular complexity index is 899. The van der Waals surface area contributed by atoms with Crippen molar-refractivity contribution in [3.05, 3.63) is 94.0 Å². The van der Waals surface area contributed by atoms with Gasteiger partial charge in [0.25, 0.3) is 0 Å². The maximum atomic E-state index is 11.6. The van der Waals surface area contributed by atoms with E-state index in [0.717, 1.165) is 11.1 Å². The number of hydrogen-bond donors (Lipinski definition) is 1. The number of ether oxygens (including phenoxy) is 2. The Kier molecular flexibility index (Phi) is 3.73. The topological polar surface area (TPSA) is 55.8 Å². The van der Waals surface area contributed by atoms with Gasteiger partial charge < -0.3 is 14.6 Å². The Labute approximate surface area is 152 Å². The van der Waals surface area contributed by atoms with E-state index in [1.54, 1.807) is 6.07 Å². The molecule has 4 rings (SSSR count). The zero-order valence-corrected chi connectivity index (χ0v) is 14.6. The minimum atomic E-state index is -1.23. The molecule has 0 unspecified atom stereocenters. The van der Waals surface area contributed by atoms with Crippen molar-refractivity contribution in [3.8, 4) is 11.5 Å². The summed E-state index contributed by atoms with van der Waals surface area (Å²) in [7, 11) is 0. The summed E-state index contributed by atoms with van der Waals surface area (Å²) in [5.74, 6) is -1.68. The summed E-state index contributed by atoms with van der Waals surface area (Å²) in [5.41, 5.74) is 1.62.